The first-order valence-corrected chi connectivity index (χ1v) is 7.91. The van der Waals surface area contributed by atoms with Crippen molar-refractivity contribution in [2.45, 2.75) is 32.1 Å². The first-order chi connectivity index (χ1) is 9.99. The molecule has 21 heavy (non-hydrogen) atoms. The Morgan fingerprint density at radius 3 is 2.67 bits per heavy atom. The minimum Gasteiger partial charge on any atom is -0.409 e. The maximum Gasteiger partial charge on any atom is 0.238 e. The number of amidine groups is 1. The van der Waals surface area contributed by atoms with E-state index in [4.69, 9.17) is 22.5 Å². The summed E-state index contributed by atoms with van der Waals surface area (Å²) in [6.07, 6.45) is 3.93. The Balaban J connectivity index is 2.29. The van der Waals surface area contributed by atoms with Crippen molar-refractivity contribution in [3.05, 3.63) is 27.7 Å². The SMILES string of the molecule is NC(=NO)C1(C(=O)Nc2cc(Br)ccc2Cl)CCCCC1. The normalized spacial score (nSPS) is 18.3. The van der Waals surface area contributed by atoms with Gasteiger partial charge in [-0.15, -0.1) is 0 Å². The predicted octanol–water partition coefficient (Wildman–Crippen LogP) is 3.74. The molecule has 0 bridgehead atoms. The van der Waals surface area contributed by atoms with Crippen LogP contribution in [0.3, 0.4) is 0 Å². The standard InChI is InChI=1S/C14H17BrClN3O2/c15-9-4-5-10(16)11(8-9)18-13(20)14(12(17)19-21)6-2-1-3-7-14/h4-5,8,21H,1-3,6-7H2,(H2,17,19)(H,18,20). The molecule has 5 nitrogen and oxygen atoms in total. The number of oxime groups is 1. The summed E-state index contributed by atoms with van der Waals surface area (Å²) in [5.74, 6) is -0.316. The van der Waals surface area contributed by atoms with E-state index >= 15 is 0 Å². The van der Waals surface area contributed by atoms with E-state index in [0.717, 1.165) is 23.7 Å². The maximum atomic E-state index is 12.7. The van der Waals surface area contributed by atoms with Gasteiger partial charge in [0, 0.05) is 4.47 Å². The lowest BCUT2D eigenvalue weighted by Crippen LogP contribution is -2.48. The molecule has 0 heterocycles. The lowest BCUT2D eigenvalue weighted by Gasteiger charge is -2.34. The van der Waals surface area contributed by atoms with Gasteiger partial charge in [0.05, 0.1) is 10.7 Å². The molecule has 1 aliphatic rings. The molecule has 0 unspecified atom stereocenters. The second-order valence-corrected chi connectivity index (χ2v) is 6.53. The fraction of sp³-hybridized carbons (Fsp3) is 0.429. The van der Waals surface area contributed by atoms with E-state index in [9.17, 15) is 4.79 Å². The number of hydrogen-bond acceptors (Lipinski definition) is 3. The summed E-state index contributed by atoms with van der Waals surface area (Å²) in [6, 6.07) is 5.21. The molecule has 1 aliphatic carbocycles. The fourth-order valence-corrected chi connectivity index (χ4v) is 3.21. The number of halogens is 2. The quantitative estimate of drug-likeness (QED) is 0.326. The number of amides is 1. The van der Waals surface area contributed by atoms with Crippen molar-refractivity contribution in [2.24, 2.45) is 16.3 Å². The molecule has 0 radical (unpaired) electrons. The summed E-state index contributed by atoms with van der Waals surface area (Å²) in [6.45, 7) is 0. The minimum absolute atomic E-state index is 0.0363. The van der Waals surface area contributed by atoms with E-state index in [0.29, 0.717) is 23.6 Å². The molecule has 1 aromatic rings. The van der Waals surface area contributed by atoms with Crippen molar-refractivity contribution in [3.8, 4) is 0 Å². The van der Waals surface area contributed by atoms with Crippen molar-refractivity contribution in [1.82, 2.24) is 0 Å². The third-order valence-electron chi connectivity index (χ3n) is 3.92. The third kappa shape index (κ3) is 3.32. The van der Waals surface area contributed by atoms with Gasteiger partial charge in [0.2, 0.25) is 5.91 Å². The molecule has 1 saturated carbocycles. The molecule has 0 atom stereocenters. The topological polar surface area (TPSA) is 87.7 Å². The number of anilines is 1. The highest BCUT2D eigenvalue weighted by molar-refractivity contribution is 9.10. The zero-order valence-corrected chi connectivity index (χ0v) is 13.7. The lowest BCUT2D eigenvalue weighted by molar-refractivity contribution is -0.123. The van der Waals surface area contributed by atoms with Gasteiger partial charge in [-0.25, -0.2) is 0 Å². The summed E-state index contributed by atoms with van der Waals surface area (Å²) in [7, 11) is 0. The Hall–Kier alpha value is -1.27. The number of carbonyl (C=O) groups is 1. The second kappa shape index (κ2) is 6.66. The highest BCUT2D eigenvalue weighted by Crippen LogP contribution is 2.38. The van der Waals surface area contributed by atoms with Crippen molar-refractivity contribution in [2.75, 3.05) is 5.32 Å². The Morgan fingerprint density at radius 1 is 1.38 bits per heavy atom. The van der Waals surface area contributed by atoms with Crippen molar-refractivity contribution >= 4 is 45.0 Å². The van der Waals surface area contributed by atoms with E-state index in [1.165, 1.54) is 0 Å². The maximum absolute atomic E-state index is 12.7. The van der Waals surface area contributed by atoms with Gasteiger partial charge in [-0.2, -0.15) is 0 Å². The van der Waals surface area contributed by atoms with E-state index in [1.807, 2.05) is 0 Å². The van der Waals surface area contributed by atoms with Crippen molar-refractivity contribution < 1.29 is 10.0 Å². The number of carbonyl (C=O) groups excluding carboxylic acids is 1. The zero-order chi connectivity index (χ0) is 15.5. The molecule has 0 aliphatic heterocycles. The highest BCUT2D eigenvalue weighted by atomic mass is 79.9. The molecule has 7 heteroatoms. The van der Waals surface area contributed by atoms with Gasteiger partial charge in [-0.05, 0) is 31.0 Å². The van der Waals surface area contributed by atoms with Crippen LogP contribution in [0.15, 0.2) is 27.8 Å². The fourth-order valence-electron chi connectivity index (χ4n) is 2.69. The molecule has 114 valence electrons. The van der Waals surface area contributed by atoms with Crippen molar-refractivity contribution in [1.29, 1.82) is 0 Å². The number of nitrogens with zero attached hydrogens (tertiary/aromatic N) is 1. The van der Waals surface area contributed by atoms with Crippen LogP contribution >= 0.6 is 27.5 Å². The van der Waals surface area contributed by atoms with Crippen LogP contribution in [0.5, 0.6) is 0 Å². The van der Waals surface area contributed by atoms with Gasteiger partial charge in [-0.3, -0.25) is 4.79 Å². The Morgan fingerprint density at radius 2 is 2.05 bits per heavy atom. The van der Waals surface area contributed by atoms with Crippen LogP contribution < -0.4 is 11.1 Å². The van der Waals surface area contributed by atoms with Crippen LogP contribution in [0.2, 0.25) is 5.02 Å². The number of rotatable bonds is 3. The van der Waals surface area contributed by atoms with Crippen LogP contribution in [0.1, 0.15) is 32.1 Å². The Kier molecular flexibility index (Phi) is 5.11. The molecule has 0 saturated heterocycles. The highest BCUT2D eigenvalue weighted by Gasteiger charge is 2.44. The second-order valence-electron chi connectivity index (χ2n) is 5.21. The van der Waals surface area contributed by atoms with Gasteiger partial charge in [-0.1, -0.05) is 51.9 Å². The van der Waals surface area contributed by atoms with Gasteiger partial charge in [0.1, 0.15) is 5.41 Å². The molecule has 1 fully saturated rings. The number of hydrogen-bond donors (Lipinski definition) is 3. The molecule has 0 aromatic heterocycles. The zero-order valence-electron chi connectivity index (χ0n) is 11.4. The third-order valence-corrected chi connectivity index (χ3v) is 4.74. The first-order valence-electron chi connectivity index (χ1n) is 6.74. The summed E-state index contributed by atoms with van der Waals surface area (Å²) in [5.41, 5.74) is 5.35. The molecular weight excluding hydrogens is 358 g/mol. The van der Waals surface area contributed by atoms with Crippen molar-refractivity contribution in [3.63, 3.8) is 0 Å². The molecule has 4 N–H and O–H groups in total. The predicted molar refractivity (Wildman–Crippen MR) is 86.7 cm³/mol. The van der Waals surface area contributed by atoms with Crippen LogP contribution in [0.25, 0.3) is 0 Å². The smallest absolute Gasteiger partial charge is 0.238 e. The van der Waals surface area contributed by atoms with Gasteiger partial charge in [0.25, 0.3) is 0 Å². The number of benzene rings is 1. The molecule has 2 rings (SSSR count). The van der Waals surface area contributed by atoms with Gasteiger partial charge < -0.3 is 16.3 Å². The van der Waals surface area contributed by atoms with E-state index in [1.54, 1.807) is 18.2 Å². The van der Waals surface area contributed by atoms with Crippen LogP contribution in [-0.4, -0.2) is 17.0 Å². The largest absolute Gasteiger partial charge is 0.409 e. The number of nitrogens with two attached hydrogens (primary N) is 1. The lowest BCUT2D eigenvalue weighted by atomic mass is 9.72. The summed E-state index contributed by atoms with van der Waals surface area (Å²) in [4.78, 5) is 12.7. The molecule has 0 spiro atoms. The molecular formula is C14H17BrClN3O2. The number of nitrogens with one attached hydrogen (secondary N) is 1. The molecule has 1 aromatic carbocycles. The van der Waals surface area contributed by atoms with Gasteiger partial charge in [0.15, 0.2) is 5.84 Å². The average Bonchev–Trinajstić information content (AvgIpc) is 2.50. The summed E-state index contributed by atoms with van der Waals surface area (Å²) in [5, 5.41) is 15.3. The summed E-state index contributed by atoms with van der Waals surface area (Å²) < 4.78 is 0.809. The van der Waals surface area contributed by atoms with E-state index in [-0.39, 0.29) is 11.7 Å². The Labute approximate surface area is 136 Å². The van der Waals surface area contributed by atoms with Gasteiger partial charge >= 0.3 is 0 Å². The van der Waals surface area contributed by atoms with Crippen LogP contribution in [0, 0.1) is 5.41 Å². The summed E-state index contributed by atoms with van der Waals surface area (Å²) >= 11 is 9.43. The Bertz CT molecular complexity index is 571. The monoisotopic (exact) mass is 373 g/mol. The van der Waals surface area contributed by atoms with E-state index in [2.05, 4.69) is 26.4 Å². The van der Waals surface area contributed by atoms with E-state index < -0.39 is 5.41 Å². The van der Waals surface area contributed by atoms with Crippen LogP contribution in [0.4, 0.5) is 5.69 Å². The first kappa shape index (κ1) is 16.1. The minimum atomic E-state index is -0.960. The molecule has 1 amide bonds. The van der Waals surface area contributed by atoms with Crippen LogP contribution in [-0.2, 0) is 4.79 Å². The average molecular weight is 375 g/mol.